The SMILES string of the molecule is CNCCN(C)CC(=O)NC(C)COC. The molecule has 0 radical (unpaired) electrons. The predicted molar refractivity (Wildman–Crippen MR) is 60.9 cm³/mol. The topological polar surface area (TPSA) is 53.6 Å². The van der Waals surface area contributed by atoms with Gasteiger partial charge in [-0.05, 0) is 21.0 Å². The molecule has 1 atom stereocenters. The zero-order valence-electron chi connectivity index (χ0n) is 10.2. The molecule has 1 amide bonds. The Kier molecular flexibility index (Phi) is 8.27. The third kappa shape index (κ3) is 8.35. The Hall–Kier alpha value is -0.650. The first-order chi connectivity index (χ1) is 7.10. The number of carbonyl (C=O) groups is 1. The number of likely N-dealkylation sites (N-methyl/N-ethyl adjacent to an activating group) is 2. The van der Waals surface area contributed by atoms with Crippen molar-refractivity contribution in [1.82, 2.24) is 15.5 Å². The lowest BCUT2D eigenvalue weighted by Gasteiger charge is -2.18. The average Bonchev–Trinajstić information content (AvgIpc) is 2.14. The van der Waals surface area contributed by atoms with Crippen LogP contribution < -0.4 is 10.6 Å². The van der Waals surface area contributed by atoms with Crippen LogP contribution in [0.15, 0.2) is 0 Å². The van der Waals surface area contributed by atoms with Gasteiger partial charge in [0, 0.05) is 26.2 Å². The fourth-order valence-electron chi connectivity index (χ4n) is 1.24. The van der Waals surface area contributed by atoms with Crippen molar-refractivity contribution in [3.05, 3.63) is 0 Å². The van der Waals surface area contributed by atoms with E-state index in [1.807, 2.05) is 25.9 Å². The summed E-state index contributed by atoms with van der Waals surface area (Å²) in [5.41, 5.74) is 0. The van der Waals surface area contributed by atoms with Crippen LogP contribution >= 0.6 is 0 Å². The molecule has 0 heterocycles. The second-order valence-electron chi connectivity index (χ2n) is 3.77. The fourth-order valence-corrected chi connectivity index (χ4v) is 1.24. The van der Waals surface area contributed by atoms with E-state index < -0.39 is 0 Å². The van der Waals surface area contributed by atoms with E-state index in [2.05, 4.69) is 10.6 Å². The van der Waals surface area contributed by atoms with E-state index in [4.69, 9.17) is 4.74 Å². The average molecular weight is 217 g/mol. The largest absolute Gasteiger partial charge is 0.383 e. The molecule has 0 aliphatic carbocycles. The Morgan fingerprint density at radius 1 is 1.53 bits per heavy atom. The summed E-state index contributed by atoms with van der Waals surface area (Å²) in [4.78, 5) is 13.5. The van der Waals surface area contributed by atoms with Crippen LogP contribution in [-0.2, 0) is 9.53 Å². The van der Waals surface area contributed by atoms with Crippen molar-refractivity contribution in [3.8, 4) is 0 Å². The number of nitrogens with zero attached hydrogens (tertiary/aromatic N) is 1. The number of hydrogen-bond acceptors (Lipinski definition) is 4. The predicted octanol–water partition coefficient (Wildman–Crippen LogP) is -0.711. The van der Waals surface area contributed by atoms with Crippen molar-refractivity contribution >= 4 is 5.91 Å². The standard InChI is InChI=1S/C10H23N3O2/c1-9(8-15-4)12-10(14)7-13(3)6-5-11-2/h9,11H,5-8H2,1-4H3,(H,12,14). The van der Waals surface area contributed by atoms with Crippen LogP contribution in [0.5, 0.6) is 0 Å². The van der Waals surface area contributed by atoms with Gasteiger partial charge in [0.25, 0.3) is 0 Å². The van der Waals surface area contributed by atoms with Crippen molar-refractivity contribution < 1.29 is 9.53 Å². The molecule has 0 aromatic heterocycles. The lowest BCUT2D eigenvalue weighted by atomic mass is 10.3. The number of nitrogens with one attached hydrogen (secondary N) is 2. The van der Waals surface area contributed by atoms with Crippen LogP contribution in [0.4, 0.5) is 0 Å². The number of rotatable bonds is 8. The molecule has 0 rings (SSSR count). The zero-order chi connectivity index (χ0) is 11.7. The minimum atomic E-state index is 0.0400. The van der Waals surface area contributed by atoms with Gasteiger partial charge < -0.3 is 15.4 Å². The summed E-state index contributed by atoms with van der Waals surface area (Å²) in [7, 11) is 5.45. The fraction of sp³-hybridized carbons (Fsp3) is 0.900. The van der Waals surface area contributed by atoms with Crippen LogP contribution in [0.2, 0.25) is 0 Å². The Morgan fingerprint density at radius 2 is 2.20 bits per heavy atom. The van der Waals surface area contributed by atoms with E-state index in [1.165, 1.54) is 0 Å². The molecule has 0 aliphatic heterocycles. The van der Waals surface area contributed by atoms with Crippen LogP contribution in [0.1, 0.15) is 6.92 Å². The number of ether oxygens (including phenoxy) is 1. The molecule has 5 heteroatoms. The second-order valence-corrected chi connectivity index (χ2v) is 3.77. The van der Waals surface area contributed by atoms with Crippen molar-refractivity contribution in [1.29, 1.82) is 0 Å². The molecule has 1 unspecified atom stereocenters. The highest BCUT2D eigenvalue weighted by molar-refractivity contribution is 5.78. The normalized spacial score (nSPS) is 12.9. The molecule has 90 valence electrons. The van der Waals surface area contributed by atoms with Gasteiger partial charge in [-0.3, -0.25) is 9.69 Å². The van der Waals surface area contributed by atoms with E-state index in [0.717, 1.165) is 13.1 Å². The molecule has 15 heavy (non-hydrogen) atoms. The summed E-state index contributed by atoms with van der Waals surface area (Å²) in [5.74, 6) is 0.0400. The van der Waals surface area contributed by atoms with Gasteiger partial charge in [-0.1, -0.05) is 0 Å². The maximum absolute atomic E-state index is 11.5. The molecular formula is C10H23N3O2. The van der Waals surface area contributed by atoms with E-state index in [1.54, 1.807) is 7.11 Å². The van der Waals surface area contributed by atoms with Crippen LogP contribution in [0.3, 0.4) is 0 Å². The van der Waals surface area contributed by atoms with Crippen molar-refractivity contribution in [2.75, 3.05) is 47.4 Å². The molecule has 2 N–H and O–H groups in total. The quantitative estimate of drug-likeness (QED) is 0.564. The molecule has 0 aromatic rings. The Bertz CT molecular complexity index is 176. The van der Waals surface area contributed by atoms with Crippen LogP contribution in [0.25, 0.3) is 0 Å². The smallest absolute Gasteiger partial charge is 0.234 e. The van der Waals surface area contributed by atoms with Gasteiger partial charge in [0.05, 0.1) is 13.2 Å². The molecule has 0 spiro atoms. The van der Waals surface area contributed by atoms with Crippen molar-refractivity contribution in [2.24, 2.45) is 0 Å². The third-order valence-electron chi connectivity index (χ3n) is 1.98. The van der Waals surface area contributed by atoms with Crippen LogP contribution in [-0.4, -0.2) is 64.3 Å². The lowest BCUT2D eigenvalue weighted by Crippen LogP contribution is -2.42. The second kappa shape index (κ2) is 8.64. The molecule has 0 aliphatic rings. The molecule has 0 fully saturated rings. The van der Waals surface area contributed by atoms with Crippen molar-refractivity contribution in [3.63, 3.8) is 0 Å². The monoisotopic (exact) mass is 217 g/mol. The Labute approximate surface area is 92.2 Å². The Balaban J connectivity index is 3.63. The summed E-state index contributed by atoms with van der Waals surface area (Å²) < 4.78 is 4.94. The first-order valence-electron chi connectivity index (χ1n) is 5.21. The molecule has 5 nitrogen and oxygen atoms in total. The highest BCUT2D eigenvalue weighted by atomic mass is 16.5. The van der Waals surface area contributed by atoms with Gasteiger partial charge in [-0.25, -0.2) is 0 Å². The number of carbonyl (C=O) groups excluding carboxylic acids is 1. The summed E-state index contributed by atoms with van der Waals surface area (Å²) in [6.07, 6.45) is 0. The van der Waals surface area contributed by atoms with E-state index >= 15 is 0 Å². The summed E-state index contributed by atoms with van der Waals surface area (Å²) >= 11 is 0. The van der Waals surface area contributed by atoms with Gasteiger partial charge in [0.2, 0.25) is 5.91 Å². The molecule has 0 bridgehead atoms. The van der Waals surface area contributed by atoms with E-state index in [-0.39, 0.29) is 11.9 Å². The summed E-state index contributed by atoms with van der Waals surface area (Å²) in [6.45, 7) is 4.65. The lowest BCUT2D eigenvalue weighted by molar-refractivity contribution is -0.122. The number of hydrogen-bond donors (Lipinski definition) is 2. The minimum Gasteiger partial charge on any atom is -0.383 e. The molecule has 0 saturated carbocycles. The van der Waals surface area contributed by atoms with Gasteiger partial charge in [0.1, 0.15) is 0 Å². The molecular weight excluding hydrogens is 194 g/mol. The van der Waals surface area contributed by atoms with Crippen LogP contribution in [0, 0.1) is 0 Å². The van der Waals surface area contributed by atoms with Gasteiger partial charge >= 0.3 is 0 Å². The maximum Gasteiger partial charge on any atom is 0.234 e. The maximum atomic E-state index is 11.5. The summed E-state index contributed by atoms with van der Waals surface area (Å²) in [6, 6.07) is 0.0696. The molecule has 0 saturated heterocycles. The number of amides is 1. The first kappa shape index (κ1) is 14.3. The minimum absolute atomic E-state index is 0.0400. The van der Waals surface area contributed by atoms with Gasteiger partial charge in [-0.15, -0.1) is 0 Å². The first-order valence-corrected chi connectivity index (χ1v) is 5.21. The van der Waals surface area contributed by atoms with Gasteiger partial charge in [-0.2, -0.15) is 0 Å². The summed E-state index contributed by atoms with van der Waals surface area (Å²) in [5, 5.41) is 5.90. The van der Waals surface area contributed by atoms with E-state index in [0.29, 0.717) is 13.2 Å². The molecule has 0 aromatic carbocycles. The third-order valence-corrected chi connectivity index (χ3v) is 1.98. The van der Waals surface area contributed by atoms with Crippen molar-refractivity contribution in [2.45, 2.75) is 13.0 Å². The van der Waals surface area contributed by atoms with E-state index in [9.17, 15) is 4.79 Å². The Morgan fingerprint density at radius 3 is 2.73 bits per heavy atom. The highest BCUT2D eigenvalue weighted by Gasteiger charge is 2.08. The number of methoxy groups -OCH3 is 1. The van der Waals surface area contributed by atoms with Gasteiger partial charge in [0.15, 0.2) is 0 Å². The zero-order valence-corrected chi connectivity index (χ0v) is 10.2. The highest BCUT2D eigenvalue weighted by Crippen LogP contribution is 1.85.